The normalized spacial score (nSPS) is 11.8. The van der Waals surface area contributed by atoms with Crippen molar-refractivity contribution in [2.45, 2.75) is 19.3 Å². The summed E-state index contributed by atoms with van der Waals surface area (Å²) in [5.41, 5.74) is 2.23. The Bertz CT molecular complexity index is 502. The van der Waals surface area contributed by atoms with Crippen LogP contribution in [-0.2, 0) is 5.41 Å². The molecule has 0 saturated heterocycles. The first kappa shape index (κ1) is 11.8. The van der Waals surface area contributed by atoms with Crippen molar-refractivity contribution in [3.63, 3.8) is 0 Å². The second kappa shape index (κ2) is 4.30. The van der Waals surface area contributed by atoms with E-state index in [0.717, 1.165) is 16.8 Å². The number of hydrogen-bond donors (Lipinski definition) is 2. The molecule has 0 fully saturated rings. The molecule has 1 aromatic heterocycles. The van der Waals surface area contributed by atoms with Crippen molar-refractivity contribution in [1.29, 1.82) is 0 Å². The van der Waals surface area contributed by atoms with E-state index in [4.69, 9.17) is 0 Å². The van der Waals surface area contributed by atoms with Crippen LogP contribution in [0.1, 0.15) is 19.4 Å². The molecule has 0 radical (unpaired) electrons. The lowest BCUT2D eigenvalue weighted by Crippen LogP contribution is -2.22. The Hall–Kier alpha value is -1.68. The fourth-order valence-corrected chi connectivity index (χ4v) is 1.72. The van der Waals surface area contributed by atoms with Crippen LogP contribution in [0.15, 0.2) is 30.5 Å². The second-order valence-corrected chi connectivity index (χ2v) is 4.71. The molecule has 3 nitrogen and oxygen atoms in total. The van der Waals surface area contributed by atoms with E-state index in [0.29, 0.717) is 0 Å². The van der Waals surface area contributed by atoms with Crippen molar-refractivity contribution in [1.82, 2.24) is 10.2 Å². The number of aliphatic hydroxyl groups excluding tert-OH is 1. The molecule has 90 valence electrons. The van der Waals surface area contributed by atoms with Gasteiger partial charge in [0, 0.05) is 16.5 Å². The molecule has 0 bridgehead atoms. The molecular formula is C13H15FN2O. The fourth-order valence-electron chi connectivity index (χ4n) is 1.72. The maximum Gasteiger partial charge on any atom is 0.123 e. The van der Waals surface area contributed by atoms with Gasteiger partial charge in [-0.15, -0.1) is 0 Å². The van der Waals surface area contributed by atoms with Gasteiger partial charge in [0.2, 0.25) is 0 Å². The maximum absolute atomic E-state index is 12.9. The summed E-state index contributed by atoms with van der Waals surface area (Å²) in [5, 5.41) is 16.3. The van der Waals surface area contributed by atoms with Gasteiger partial charge in [0.25, 0.3) is 0 Å². The molecule has 0 amide bonds. The molecule has 1 heterocycles. The Morgan fingerprint density at radius 1 is 1.29 bits per heavy atom. The zero-order chi connectivity index (χ0) is 12.5. The number of halogens is 1. The van der Waals surface area contributed by atoms with Crippen LogP contribution < -0.4 is 0 Å². The van der Waals surface area contributed by atoms with Crippen LogP contribution in [0.25, 0.3) is 11.3 Å². The van der Waals surface area contributed by atoms with Crippen molar-refractivity contribution >= 4 is 0 Å². The summed E-state index contributed by atoms with van der Waals surface area (Å²) < 4.78 is 12.9. The first-order valence-corrected chi connectivity index (χ1v) is 5.45. The maximum atomic E-state index is 12.9. The van der Waals surface area contributed by atoms with E-state index in [1.54, 1.807) is 18.3 Å². The Morgan fingerprint density at radius 3 is 2.53 bits per heavy atom. The lowest BCUT2D eigenvalue weighted by Gasteiger charge is -2.21. The summed E-state index contributed by atoms with van der Waals surface area (Å²) in [5.74, 6) is -0.267. The van der Waals surface area contributed by atoms with E-state index < -0.39 is 0 Å². The predicted molar refractivity (Wildman–Crippen MR) is 64.1 cm³/mol. The van der Waals surface area contributed by atoms with Gasteiger partial charge in [-0.05, 0) is 24.3 Å². The van der Waals surface area contributed by atoms with Crippen LogP contribution in [0, 0.1) is 5.82 Å². The van der Waals surface area contributed by atoms with Crippen LogP contribution in [-0.4, -0.2) is 21.9 Å². The van der Waals surface area contributed by atoms with Crippen LogP contribution in [0.2, 0.25) is 0 Å². The Balaban J connectivity index is 2.47. The summed E-state index contributed by atoms with van der Waals surface area (Å²) in [6.45, 7) is 3.90. The molecule has 1 aromatic carbocycles. The number of aromatic nitrogens is 2. The number of aliphatic hydroxyl groups is 1. The summed E-state index contributed by atoms with van der Waals surface area (Å²) in [4.78, 5) is 0. The van der Waals surface area contributed by atoms with Gasteiger partial charge in [0.1, 0.15) is 5.82 Å². The quantitative estimate of drug-likeness (QED) is 0.857. The van der Waals surface area contributed by atoms with Gasteiger partial charge in [-0.3, -0.25) is 5.10 Å². The Labute approximate surface area is 99.3 Å². The Kier molecular flexibility index (Phi) is 2.98. The average molecular weight is 234 g/mol. The van der Waals surface area contributed by atoms with Crippen molar-refractivity contribution in [3.8, 4) is 11.3 Å². The molecular weight excluding hydrogens is 219 g/mol. The molecule has 0 aliphatic carbocycles. The van der Waals surface area contributed by atoms with Gasteiger partial charge >= 0.3 is 0 Å². The van der Waals surface area contributed by atoms with E-state index >= 15 is 0 Å². The van der Waals surface area contributed by atoms with Gasteiger partial charge in [-0.1, -0.05) is 13.8 Å². The predicted octanol–water partition coefficient (Wildman–Crippen LogP) is 2.49. The van der Waals surface area contributed by atoms with Crippen molar-refractivity contribution in [2.24, 2.45) is 0 Å². The van der Waals surface area contributed by atoms with Crippen LogP contribution >= 0.6 is 0 Å². The first-order valence-electron chi connectivity index (χ1n) is 5.45. The van der Waals surface area contributed by atoms with Crippen LogP contribution in [0.3, 0.4) is 0 Å². The minimum atomic E-state index is -0.378. The number of benzene rings is 1. The van der Waals surface area contributed by atoms with Crippen LogP contribution in [0.4, 0.5) is 4.39 Å². The molecule has 0 spiro atoms. The molecule has 17 heavy (non-hydrogen) atoms. The van der Waals surface area contributed by atoms with E-state index in [1.165, 1.54) is 12.1 Å². The SMILES string of the molecule is CC(C)(CO)c1cn[nH]c1-c1ccc(F)cc1. The summed E-state index contributed by atoms with van der Waals surface area (Å²) in [6, 6.07) is 6.21. The zero-order valence-corrected chi connectivity index (χ0v) is 9.87. The van der Waals surface area contributed by atoms with E-state index in [1.807, 2.05) is 13.8 Å². The largest absolute Gasteiger partial charge is 0.395 e. The smallest absolute Gasteiger partial charge is 0.123 e. The number of nitrogens with zero attached hydrogens (tertiary/aromatic N) is 1. The number of aromatic amines is 1. The monoisotopic (exact) mass is 234 g/mol. The van der Waals surface area contributed by atoms with Crippen molar-refractivity contribution in [2.75, 3.05) is 6.61 Å². The second-order valence-electron chi connectivity index (χ2n) is 4.71. The molecule has 2 aromatic rings. The highest BCUT2D eigenvalue weighted by Gasteiger charge is 2.24. The third-order valence-electron chi connectivity index (χ3n) is 2.90. The molecule has 2 N–H and O–H groups in total. The zero-order valence-electron chi connectivity index (χ0n) is 9.87. The molecule has 0 aliphatic rings. The minimum Gasteiger partial charge on any atom is -0.395 e. The van der Waals surface area contributed by atoms with Crippen LogP contribution in [0.5, 0.6) is 0 Å². The van der Waals surface area contributed by atoms with Crippen molar-refractivity contribution in [3.05, 3.63) is 41.8 Å². The number of nitrogens with one attached hydrogen (secondary N) is 1. The standard InChI is InChI=1S/C13H15FN2O/c1-13(2,8-17)11-7-15-16-12(11)9-3-5-10(14)6-4-9/h3-7,17H,8H2,1-2H3,(H,15,16). The third kappa shape index (κ3) is 2.22. The molecule has 4 heteroatoms. The van der Waals surface area contributed by atoms with Crippen molar-refractivity contribution < 1.29 is 9.50 Å². The number of H-pyrrole nitrogens is 1. The lowest BCUT2D eigenvalue weighted by atomic mass is 9.84. The highest BCUT2D eigenvalue weighted by atomic mass is 19.1. The molecule has 0 unspecified atom stereocenters. The van der Waals surface area contributed by atoms with Gasteiger partial charge in [-0.25, -0.2) is 4.39 Å². The van der Waals surface area contributed by atoms with Gasteiger partial charge in [-0.2, -0.15) is 5.10 Å². The third-order valence-corrected chi connectivity index (χ3v) is 2.90. The topological polar surface area (TPSA) is 48.9 Å². The summed E-state index contributed by atoms with van der Waals surface area (Å²) in [7, 11) is 0. The minimum absolute atomic E-state index is 0.0285. The van der Waals surface area contributed by atoms with Gasteiger partial charge in [0.05, 0.1) is 18.5 Å². The molecule has 0 aliphatic heterocycles. The Morgan fingerprint density at radius 2 is 1.94 bits per heavy atom. The highest BCUT2D eigenvalue weighted by molar-refractivity contribution is 5.64. The van der Waals surface area contributed by atoms with E-state index in [9.17, 15) is 9.50 Å². The van der Waals surface area contributed by atoms with E-state index in [-0.39, 0.29) is 17.8 Å². The fraction of sp³-hybridized carbons (Fsp3) is 0.308. The summed E-state index contributed by atoms with van der Waals surface area (Å²) >= 11 is 0. The van der Waals surface area contributed by atoms with Gasteiger partial charge < -0.3 is 5.11 Å². The number of rotatable bonds is 3. The summed E-state index contributed by atoms with van der Waals surface area (Å²) in [6.07, 6.45) is 1.70. The molecule has 2 rings (SSSR count). The molecule has 0 saturated carbocycles. The van der Waals surface area contributed by atoms with Gasteiger partial charge in [0.15, 0.2) is 0 Å². The molecule has 0 atom stereocenters. The van der Waals surface area contributed by atoms with E-state index in [2.05, 4.69) is 10.2 Å². The lowest BCUT2D eigenvalue weighted by molar-refractivity contribution is 0.219. The number of hydrogen-bond acceptors (Lipinski definition) is 2. The average Bonchev–Trinajstić information content (AvgIpc) is 2.80. The first-order chi connectivity index (χ1) is 8.04. The highest BCUT2D eigenvalue weighted by Crippen LogP contribution is 2.31.